The van der Waals surface area contributed by atoms with Crippen LogP contribution in [0.4, 0.5) is 18.9 Å². The van der Waals surface area contributed by atoms with Gasteiger partial charge in [0.25, 0.3) is 19.6 Å². The minimum atomic E-state index is -6.09. The molecule has 1 aromatic carbocycles. The zero-order valence-corrected chi connectivity index (χ0v) is 23.6. The molecule has 0 bridgehead atoms. The second kappa shape index (κ2) is 11.4. The number of nitro benzene ring substituents is 1. The van der Waals surface area contributed by atoms with Crippen molar-refractivity contribution in [2.24, 2.45) is 0 Å². The van der Waals surface area contributed by atoms with Gasteiger partial charge in [0.05, 0.1) is 31.0 Å². The van der Waals surface area contributed by atoms with Crippen LogP contribution in [-0.4, -0.2) is 107 Å². The fraction of sp³-hybridized carbons (Fsp3) is 0.652. The SMILES string of the molecule is CCOC(Cc1ccc([N+](=O)[O-])cc1)(P=O)[N+]12CCCN3CCN4CCCN(CC1)C4=C32.O=S(=O)([O-])C(F)(F)F. The minimum Gasteiger partial charge on any atom is -0.741 e. The van der Waals surface area contributed by atoms with E-state index in [0.717, 1.165) is 64.3 Å². The lowest BCUT2D eigenvalue weighted by atomic mass is 10.0. The number of ether oxygens (including phenoxy) is 1. The maximum atomic E-state index is 13.1. The standard InChI is InChI=1S/C22H31N5O4P.CHF3O3S/c1-2-31-22(32-30,17-18-5-7-19(8-6-18)26(28)29)27-15-4-11-25-13-12-23-9-3-10-24(14-16-27)20(23)21(25)27;2-1(3,4)8(5,6)7/h5-8H,2-4,9-17H2,1H3;(H,5,6,7)/q+1;/p-1. The number of alkyl halides is 3. The Balaban J connectivity index is 0.000000406. The molecule has 5 rings (SSSR count). The van der Waals surface area contributed by atoms with Gasteiger partial charge in [-0.3, -0.25) is 14.7 Å². The van der Waals surface area contributed by atoms with Crippen LogP contribution in [0.5, 0.6) is 0 Å². The second-order valence-corrected chi connectivity index (χ2v) is 12.3. The van der Waals surface area contributed by atoms with E-state index in [4.69, 9.17) is 17.7 Å². The molecule has 2 saturated heterocycles. The van der Waals surface area contributed by atoms with Crippen LogP contribution >= 0.6 is 8.46 Å². The lowest BCUT2D eigenvalue weighted by Gasteiger charge is -2.61. The van der Waals surface area contributed by atoms with Crippen LogP contribution in [0.25, 0.3) is 0 Å². The highest BCUT2D eigenvalue weighted by molar-refractivity contribution is 7.86. The van der Waals surface area contributed by atoms with Gasteiger partial charge in [-0.05, 0) is 18.9 Å². The van der Waals surface area contributed by atoms with E-state index in [1.54, 1.807) is 12.1 Å². The molecule has 4 heterocycles. The van der Waals surface area contributed by atoms with Crippen LogP contribution in [0.15, 0.2) is 35.9 Å². The van der Waals surface area contributed by atoms with Gasteiger partial charge in [-0.25, -0.2) is 12.9 Å². The molecule has 4 aliphatic rings. The van der Waals surface area contributed by atoms with E-state index >= 15 is 0 Å². The molecule has 0 radical (unpaired) electrons. The first-order chi connectivity index (χ1) is 18.8. The molecule has 0 aromatic heterocycles. The molecule has 4 aliphatic heterocycles. The number of hydrogen-bond acceptors (Lipinski definition) is 10. The first-order valence-corrected chi connectivity index (χ1v) is 15.1. The second-order valence-electron chi connectivity index (χ2n) is 10.00. The lowest BCUT2D eigenvalue weighted by molar-refractivity contribution is -0.965. The predicted octanol–water partition coefficient (Wildman–Crippen LogP) is 2.85. The summed E-state index contributed by atoms with van der Waals surface area (Å²) in [6.45, 7) is 10.3. The molecule has 2 fully saturated rings. The van der Waals surface area contributed by atoms with Crippen LogP contribution in [0.2, 0.25) is 0 Å². The summed E-state index contributed by atoms with van der Waals surface area (Å²) in [5, 5.41) is 11.1. The zero-order valence-electron chi connectivity index (χ0n) is 21.9. The van der Waals surface area contributed by atoms with Crippen molar-refractivity contribution in [1.29, 1.82) is 0 Å². The van der Waals surface area contributed by atoms with E-state index in [1.807, 2.05) is 6.92 Å². The first kappa shape index (κ1) is 30.4. The predicted molar refractivity (Wildman–Crippen MR) is 135 cm³/mol. The van der Waals surface area contributed by atoms with E-state index in [9.17, 15) is 27.9 Å². The van der Waals surface area contributed by atoms with Gasteiger partial charge in [0, 0.05) is 51.3 Å². The highest BCUT2D eigenvalue weighted by Crippen LogP contribution is 2.50. The molecule has 2 unspecified atom stereocenters. The van der Waals surface area contributed by atoms with Gasteiger partial charge in [0.1, 0.15) is 6.54 Å². The van der Waals surface area contributed by atoms with E-state index in [2.05, 4.69) is 14.7 Å². The largest absolute Gasteiger partial charge is 0.741 e. The van der Waals surface area contributed by atoms with Gasteiger partial charge in [0.2, 0.25) is 5.82 Å². The van der Waals surface area contributed by atoms with Crippen molar-refractivity contribution in [3.63, 3.8) is 0 Å². The third-order valence-electron chi connectivity index (χ3n) is 7.77. The van der Waals surface area contributed by atoms with Crippen molar-refractivity contribution in [2.75, 3.05) is 59.0 Å². The minimum absolute atomic E-state index is 0.0415. The van der Waals surface area contributed by atoms with Crippen LogP contribution < -0.4 is 0 Å². The Labute approximate surface area is 231 Å². The summed E-state index contributed by atoms with van der Waals surface area (Å²) in [5.41, 5.74) is -5.64. The Hall–Kier alpha value is -2.52. The Morgan fingerprint density at radius 3 is 2.12 bits per heavy atom. The van der Waals surface area contributed by atoms with E-state index in [0.29, 0.717) is 17.5 Å². The number of rotatable bonds is 7. The van der Waals surface area contributed by atoms with E-state index < -0.39 is 21.1 Å². The van der Waals surface area contributed by atoms with Gasteiger partial charge in [0.15, 0.2) is 15.9 Å². The molecule has 222 valence electrons. The third kappa shape index (κ3) is 5.51. The van der Waals surface area contributed by atoms with Gasteiger partial charge < -0.3 is 24.0 Å². The maximum Gasteiger partial charge on any atom is 0.485 e. The van der Waals surface area contributed by atoms with Crippen LogP contribution in [-0.2, 0) is 25.8 Å². The molecule has 2 atom stereocenters. The third-order valence-corrected chi connectivity index (χ3v) is 9.29. The number of nitro groups is 1. The Bertz CT molecular complexity index is 1260. The zero-order chi connectivity index (χ0) is 29.3. The van der Waals surface area contributed by atoms with Crippen molar-refractivity contribution in [3.05, 3.63) is 51.6 Å². The molecule has 40 heavy (non-hydrogen) atoms. The fourth-order valence-electron chi connectivity index (χ4n) is 6.11. The van der Waals surface area contributed by atoms with Crippen LogP contribution in [0, 0.1) is 10.1 Å². The molecule has 17 heteroatoms. The van der Waals surface area contributed by atoms with E-state index in [1.165, 1.54) is 30.2 Å². The Morgan fingerprint density at radius 1 is 1.00 bits per heavy atom. The smallest absolute Gasteiger partial charge is 0.485 e. The molecule has 0 spiro atoms. The quantitative estimate of drug-likeness (QED) is 0.113. The normalized spacial score (nSPS) is 24.2. The molecule has 0 N–H and O–H groups in total. The summed E-state index contributed by atoms with van der Waals surface area (Å²) in [7, 11) is -6.13. The summed E-state index contributed by atoms with van der Waals surface area (Å²) in [4.78, 5) is 18.2. The summed E-state index contributed by atoms with van der Waals surface area (Å²) < 4.78 is 79.0. The lowest BCUT2D eigenvalue weighted by Crippen LogP contribution is -2.75. The summed E-state index contributed by atoms with van der Waals surface area (Å²) in [5.74, 6) is 2.58. The van der Waals surface area contributed by atoms with Gasteiger partial charge >= 0.3 is 5.51 Å². The first-order valence-electron chi connectivity index (χ1n) is 12.9. The molecule has 1 aromatic rings. The summed E-state index contributed by atoms with van der Waals surface area (Å²) in [6.07, 6.45) is 2.64. The molecule has 12 nitrogen and oxygen atoms in total. The average Bonchev–Trinajstić information content (AvgIpc) is 2.91. The highest BCUT2D eigenvalue weighted by Gasteiger charge is 2.63. The number of benzene rings is 1. The number of hydrogen-bond donors (Lipinski definition) is 0. The van der Waals surface area contributed by atoms with Crippen molar-refractivity contribution >= 4 is 24.3 Å². The monoisotopic (exact) mass is 609 g/mol. The van der Waals surface area contributed by atoms with Crippen LogP contribution in [0.3, 0.4) is 0 Å². The van der Waals surface area contributed by atoms with Gasteiger partial charge in [-0.1, -0.05) is 12.1 Å². The number of halogens is 3. The molecular weight excluding hydrogens is 578 g/mol. The fourth-order valence-corrected chi connectivity index (χ4v) is 6.99. The van der Waals surface area contributed by atoms with Crippen molar-refractivity contribution < 1.29 is 44.9 Å². The molecule has 0 aliphatic carbocycles. The Kier molecular flexibility index (Phi) is 8.67. The molecule has 0 saturated carbocycles. The van der Waals surface area contributed by atoms with Gasteiger partial charge in [-0.2, -0.15) is 13.2 Å². The molecular formula is C23H31F3N5O7PS. The Morgan fingerprint density at radius 2 is 1.57 bits per heavy atom. The average molecular weight is 610 g/mol. The number of non-ortho nitro benzene ring substituents is 1. The van der Waals surface area contributed by atoms with Crippen molar-refractivity contribution in [1.82, 2.24) is 14.7 Å². The van der Waals surface area contributed by atoms with Gasteiger partial charge in [-0.15, -0.1) is 0 Å². The highest BCUT2D eigenvalue weighted by atomic mass is 32.2. The number of quaternary nitrogens is 1. The summed E-state index contributed by atoms with van der Waals surface area (Å²) in [6, 6.07) is 6.61. The van der Waals surface area contributed by atoms with Crippen LogP contribution in [0.1, 0.15) is 25.3 Å². The summed E-state index contributed by atoms with van der Waals surface area (Å²) >= 11 is 0. The topological polar surface area (TPSA) is 136 Å². The molecule has 0 amide bonds. The maximum absolute atomic E-state index is 13.1. The van der Waals surface area contributed by atoms with Crippen molar-refractivity contribution in [2.45, 2.75) is 37.2 Å². The van der Waals surface area contributed by atoms with E-state index in [-0.39, 0.29) is 19.1 Å². The number of nitrogens with zero attached hydrogens (tertiary/aromatic N) is 5. The van der Waals surface area contributed by atoms with Crippen molar-refractivity contribution in [3.8, 4) is 0 Å².